The molecule has 0 bridgehead atoms. The van der Waals surface area contributed by atoms with Crippen LogP contribution in [0.4, 0.5) is 0 Å². The first-order valence-electron chi connectivity index (χ1n) is 6.91. The number of benzene rings is 2. The van der Waals surface area contributed by atoms with Crippen LogP contribution in [-0.4, -0.2) is 5.54 Å². The summed E-state index contributed by atoms with van der Waals surface area (Å²) >= 11 is 0. The van der Waals surface area contributed by atoms with Crippen LogP contribution in [0.5, 0.6) is 0 Å². The van der Waals surface area contributed by atoms with Gasteiger partial charge in [-0.25, -0.2) is 0 Å². The molecule has 104 valence electrons. The van der Waals surface area contributed by atoms with Crippen molar-refractivity contribution in [1.82, 2.24) is 5.32 Å². The van der Waals surface area contributed by atoms with Crippen LogP contribution in [0.3, 0.4) is 0 Å². The van der Waals surface area contributed by atoms with Gasteiger partial charge >= 0.3 is 0 Å². The summed E-state index contributed by atoms with van der Waals surface area (Å²) in [5.74, 6) is 6.39. The highest BCUT2D eigenvalue weighted by Crippen LogP contribution is 2.06. The molecule has 0 aliphatic heterocycles. The molecule has 0 aromatic heterocycles. The maximum Gasteiger partial charge on any atom is 0.0991 e. The molecule has 0 atom stereocenters. The molecule has 0 saturated heterocycles. The number of nitriles is 1. The van der Waals surface area contributed by atoms with E-state index >= 15 is 0 Å². The first-order valence-corrected chi connectivity index (χ1v) is 6.91. The zero-order valence-electron chi connectivity index (χ0n) is 12.4. The Balaban J connectivity index is 2.00. The third kappa shape index (κ3) is 4.80. The lowest BCUT2D eigenvalue weighted by molar-refractivity contribution is 0.490. The summed E-state index contributed by atoms with van der Waals surface area (Å²) < 4.78 is 0. The Morgan fingerprint density at radius 1 is 0.952 bits per heavy atom. The number of rotatable bonds is 3. The third-order valence-corrected chi connectivity index (χ3v) is 3.11. The molecule has 2 aromatic carbocycles. The van der Waals surface area contributed by atoms with E-state index in [0.717, 1.165) is 12.1 Å². The van der Waals surface area contributed by atoms with Gasteiger partial charge in [-0.3, -0.25) is 5.32 Å². The lowest BCUT2D eigenvalue weighted by Crippen LogP contribution is -2.37. The van der Waals surface area contributed by atoms with E-state index in [1.54, 1.807) is 12.1 Å². The van der Waals surface area contributed by atoms with Gasteiger partial charge in [0, 0.05) is 12.1 Å². The molecule has 0 aliphatic carbocycles. The van der Waals surface area contributed by atoms with E-state index in [-0.39, 0.29) is 5.54 Å². The Hall–Kier alpha value is -2.55. The van der Waals surface area contributed by atoms with Crippen LogP contribution in [0.15, 0.2) is 54.6 Å². The van der Waals surface area contributed by atoms with Crippen molar-refractivity contribution < 1.29 is 0 Å². The molecular weight excluding hydrogens is 256 g/mol. The molecule has 0 radical (unpaired) electrons. The molecule has 1 N–H and O–H groups in total. The molecule has 0 spiro atoms. The number of hydrogen-bond acceptors (Lipinski definition) is 2. The van der Waals surface area contributed by atoms with Crippen LogP contribution < -0.4 is 5.32 Å². The van der Waals surface area contributed by atoms with E-state index < -0.39 is 0 Å². The quantitative estimate of drug-likeness (QED) is 0.870. The Labute approximate surface area is 126 Å². The monoisotopic (exact) mass is 274 g/mol. The van der Waals surface area contributed by atoms with Gasteiger partial charge in [-0.1, -0.05) is 42.2 Å². The molecule has 2 aromatic rings. The van der Waals surface area contributed by atoms with Crippen molar-refractivity contribution in [2.24, 2.45) is 0 Å². The molecule has 2 rings (SSSR count). The van der Waals surface area contributed by atoms with E-state index in [1.807, 2.05) is 30.3 Å². The zero-order valence-corrected chi connectivity index (χ0v) is 12.4. The summed E-state index contributed by atoms with van der Waals surface area (Å²) in [7, 11) is 0. The summed E-state index contributed by atoms with van der Waals surface area (Å²) in [5, 5.41) is 12.2. The fourth-order valence-electron chi connectivity index (χ4n) is 1.82. The minimum atomic E-state index is -0.274. The SMILES string of the molecule is CC(C)(C#Cc1ccc(C#N)cc1)NCc1ccccc1. The predicted octanol–water partition coefficient (Wildman–Crippen LogP) is 3.48. The second-order valence-electron chi connectivity index (χ2n) is 5.40. The van der Waals surface area contributed by atoms with Crippen LogP contribution in [0.2, 0.25) is 0 Å². The van der Waals surface area contributed by atoms with Gasteiger partial charge in [0.1, 0.15) is 0 Å². The normalized spacial score (nSPS) is 10.3. The average molecular weight is 274 g/mol. The van der Waals surface area contributed by atoms with E-state index in [9.17, 15) is 0 Å². The largest absolute Gasteiger partial charge is 0.297 e. The van der Waals surface area contributed by atoms with E-state index in [0.29, 0.717) is 5.56 Å². The van der Waals surface area contributed by atoms with E-state index in [4.69, 9.17) is 5.26 Å². The number of hydrogen-bond donors (Lipinski definition) is 1. The summed E-state index contributed by atoms with van der Waals surface area (Å²) in [5.41, 5.74) is 2.54. The van der Waals surface area contributed by atoms with Gasteiger partial charge in [0.2, 0.25) is 0 Å². The van der Waals surface area contributed by atoms with Crippen LogP contribution in [0, 0.1) is 23.2 Å². The van der Waals surface area contributed by atoms with Crippen molar-refractivity contribution in [3.8, 4) is 17.9 Å². The lowest BCUT2D eigenvalue weighted by Gasteiger charge is -2.19. The topological polar surface area (TPSA) is 35.8 Å². The molecule has 0 unspecified atom stereocenters. The summed E-state index contributed by atoms with van der Waals surface area (Å²) in [6, 6.07) is 19.7. The molecule has 0 aliphatic rings. The van der Waals surface area contributed by atoms with Crippen molar-refractivity contribution in [3.63, 3.8) is 0 Å². The molecule has 2 heteroatoms. The van der Waals surface area contributed by atoms with Gasteiger partial charge in [0.25, 0.3) is 0 Å². The Bertz CT molecular complexity index is 680. The smallest absolute Gasteiger partial charge is 0.0991 e. The Kier molecular flexibility index (Phi) is 4.77. The molecule has 2 nitrogen and oxygen atoms in total. The molecule has 21 heavy (non-hydrogen) atoms. The first-order chi connectivity index (χ1) is 10.1. The molecule has 0 saturated carbocycles. The standard InChI is InChI=1S/C19H18N2/c1-19(2,21-15-18-6-4-3-5-7-18)13-12-16-8-10-17(14-20)11-9-16/h3-11,21H,15H2,1-2H3. The second kappa shape index (κ2) is 6.75. The fraction of sp³-hybridized carbons (Fsp3) is 0.211. The van der Waals surface area contributed by atoms with E-state index in [2.05, 4.69) is 49.2 Å². The van der Waals surface area contributed by atoms with Crippen molar-refractivity contribution in [2.45, 2.75) is 25.9 Å². The summed E-state index contributed by atoms with van der Waals surface area (Å²) in [6.45, 7) is 4.91. The van der Waals surface area contributed by atoms with Gasteiger partial charge in [-0.05, 0) is 43.7 Å². The molecular formula is C19H18N2. The van der Waals surface area contributed by atoms with Gasteiger partial charge in [0.15, 0.2) is 0 Å². The van der Waals surface area contributed by atoms with Crippen molar-refractivity contribution in [2.75, 3.05) is 0 Å². The van der Waals surface area contributed by atoms with Gasteiger partial charge in [-0.15, -0.1) is 0 Å². The fourth-order valence-corrected chi connectivity index (χ4v) is 1.82. The van der Waals surface area contributed by atoms with Crippen LogP contribution in [0.25, 0.3) is 0 Å². The maximum atomic E-state index is 8.77. The molecule has 0 fully saturated rings. The highest BCUT2D eigenvalue weighted by molar-refractivity contribution is 5.41. The summed E-state index contributed by atoms with van der Waals surface area (Å²) in [6.07, 6.45) is 0. The van der Waals surface area contributed by atoms with Gasteiger partial charge in [0.05, 0.1) is 17.2 Å². The first kappa shape index (κ1) is 14.9. The van der Waals surface area contributed by atoms with Crippen LogP contribution in [0.1, 0.15) is 30.5 Å². The zero-order chi connectivity index (χ0) is 15.1. The highest BCUT2D eigenvalue weighted by atomic mass is 14.9. The Morgan fingerprint density at radius 2 is 1.57 bits per heavy atom. The minimum Gasteiger partial charge on any atom is -0.297 e. The second-order valence-corrected chi connectivity index (χ2v) is 5.40. The van der Waals surface area contributed by atoms with Gasteiger partial charge in [-0.2, -0.15) is 5.26 Å². The van der Waals surface area contributed by atoms with Crippen LogP contribution in [-0.2, 0) is 6.54 Å². The minimum absolute atomic E-state index is 0.274. The maximum absolute atomic E-state index is 8.77. The Morgan fingerprint density at radius 3 is 2.19 bits per heavy atom. The molecule has 0 heterocycles. The van der Waals surface area contributed by atoms with Crippen LogP contribution >= 0.6 is 0 Å². The number of nitrogens with zero attached hydrogens (tertiary/aromatic N) is 1. The van der Waals surface area contributed by atoms with Crippen molar-refractivity contribution in [3.05, 3.63) is 71.3 Å². The van der Waals surface area contributed by atoms with Crippen molar-refractivity contribution in [1.29, 1.82) is 5.26 Å². The highest BCUT2D eigenvalue weighted by Gasteiger charge is 2.12. The predicted molar refractivity (Wildman–Crippen MR) is 85.4 cm³/mol. The van der Waals surface area contributed by atoms with Gasteiger partial charge < -0.3 is 0 Å². The summed E-state index contributed by atoms with van der Waals surface area (Å²) in [4.78, 5) is 0. The van der Waals surface area contributed by atoms with Crippen molar-refractivity contribution >= 4 is 0 Å². The lowest BCUT2D eigenvalue weighted by atomic mass is 10.0. The third-order valence-electron chi connectivity index (χ3n) is 3.11. The van der Waals surface area contributed by atoms with E-state index in [1.165, 1.54) is 5.56 Å². The molecule has 0 amide bonds. The number of nitrogens with one attached hydrogen (secondary N) is 1. The average Bonchev–Trinajstić information content (AvgIpc) is 2.53.